The van der Waals surface area contributed by atoms with Crippen molar-refractivity contribution < 1.29 is 9.47 Å². The fourth-order valence-electron chi connectivity index (χ4n) is 8.89. The molecule has 0 N–H and O–H groups in total. The molecule has 0 saturated carbocycles. The lowest BCUT2D eigenvalue weighted by atomic mass is 9.30. The van der Waals surface area contributed by atoms with Gasteiger partial charge in [0.1, 0.15) is 188 Å². The number of ether oxygens (including phenoxy) is 2. The van der Waals surface area contributed by atoms with Gasteiger partial charge in [0.15, 0.2) is 0 Å². The van der Waals surface area contributed by atoms with E-state index in [1.54, 1.807) is 0 Å². The van der Waals surface area contributed by atoms with Crippen molar-refractivity contribution >= 4 is 324 Å². The lowest BCUT2D eigenvalue weighted by Gasteiger charge is -2.41. The summed E-state index contributed by atoms with van der Waals surface area (Å²) >= 11 is 0. The van der Waals surface area contributed by atoms with E-state index < -0.39 is 6.71 Å². The first-order valence-electron chi connectivity index (χ1n) is 18.4. The Morgan fingerprint density at radius 1 is 0.333 bits per heavy atom. The molecule has 0 amide bonds. The van der Waals surface area contributed by atoms with E-state index in [-0.39, 0.29) is 198 Å². The molecule has 0 saturated heterocycles. The van der Waals surface area contributed by atoms with Crippen LogP contribution in [0, 0.1) is 11.3 Å². The molecule has 2 aliphatic heterocycles. The molecule has 6 aromatic carbocycles. The summed E-state index contributed by atoms with van der Waals surface area (Å²) in [5, 5.41) is 11.5. The second-order valence-corrected chi connectivity index (χ2v) is 15.2. The van der Waals surface area contributed by atoms with Gasteiger partial charge in [-0.25, -0.2) is 0 Å². The molecule has 0 bridgehead atoms. The fourth-order valence-corrected chi connectivity index (χ4v) is 8.89. The van der Waals surface area contributed by atoms with Gasteiger partial charge in [-0.15, -0.1) is 65.6 Å². The maximum Gasteiger partial charge on any atom is 0.258 e. The lowest BCUT2D eigenvalue weighted by Crippen LogP contribution is -2.72. The van der Waals surface area contributed by atoms with E-state index in [2.05, 4.69) is 6.07 Å². The van der Waals surface area contributed by atoms with Gasteiger partial charge in [-0.2, -0.15) is 5.26 Å². The van der Waals surface area contributed by atoms with Crippen LogP contribution in [-0.4, -0.2) is 176 Å². The zero-order valence-corrected chi connectivity index (χ0v) is 32.9. The zero-order chi connectivity index (χ0) is 46.1. The van der Waals surface area contributed by atoms with Gasteiger partial charge in [-0.3, -0.25) is 0 Å². The number of fused-ring (bicyclic) bond motifs is 7. The van der Waals surface area contributed by atoms with Crippen molar-refractivity contribution in [2.45, 2.75) is 0 Å². The summed E-state index contributed by atoms with van der Waals surface area (Å²) in [6.07, 6.45) is 0. The van der Waals surface area contributed by atoms with E-state index in [1.165, 1.54) is 4.57 Å². The Labute approximate surface area is 392 Å². The van der Waals surface area contributed by atoms with E-state index in [0.717, 1.165) is 0 Å². The normalized spacial score (nSPS) is 12.4. The second kappa shape index (κ2) is 14.6. The summed E-state index contributed by atoms with van der Waals surface area (Å²) in [4.78, 5) is 0. The molecular formula is C37B22N2O2. The molecule has 0 unspecified atom stereocenters. The van der Waals surface area contributed by atoms with Crippen LogP contribution in [0.1, 0.15) is 5.56 Å². The Balaban J connectivity index is 1.57. The smallest absolute Gasteiger partial charge is 0.258 e. The number of nitrogens with zero attached hydrogens (tertiary/aromatic N) is 2. The third-order valence-corrected chi connectivity index (χ3v) is 12.2. The van der Waals surface area contributed by atoms with Crippen LogP contribution >= 0.6 is 0 Å². The average molecular weight is 742 g/mol. The maximum absolute atomic E-state index is 11.2. The van der Waals surface area contributed by atoms with Gasteiger partial charge in [0.05, 0.1) is 11.6 Å². The highest BCUT2D eigenvalue weighted by Gasteiger charge is 2.46. The molecule has 2 aliphatic rings. The molecule has 0 aliphatic carbocycles. The van der Waals surface area contributed by atoms with Gasteiger partial charge < -0.3 is 14.0 Å². The largest absolute Gasteiger partial charge is 0.460 e. The topological polar surface area (TPSA) is 47.2 Å². The molecule has 236 valence electrons. The number of benzene rings is 6. The Morgan fingerprint density at radius 3 is 1.13 bits per heavy atom. The van der Waals surface area contributed by atoms with Gasteiger partial charge in [-0.1, -0.05) is 43.7 Å². The van der Waals surface area contributed by atoms with Crippen LogP contribution in [0.5, 0.6) is 23.0 Å². The van der Waals surface area contributed by atoms with Gasteiger partial charge in [-0.05, 0) is 27.2 Å². The Bertz CT molecular complexity index is 3350. The highest BCUT2D eigenvalue weighted by molar-refractivity contribution is 7.03. The number of hydrogen-bond acceptors (Lipinski definition) is 3. The number of aromatic nitrogens is 1. The van der Waals surface area contributed by atoms with Crippen molar-refractivity contribution in [2.24, 2.45) is 0 Å². The predicted octanol–water partition coefficient (Wildman–Crippen LogP) is -18.3. The van der Waals surface area contributed by atoms with Gasteiger partial charge >= 0.3 is 0 Å². The van der Waals surface area contributed by atoms with Crippen molar-refractivity contribution in [1.29, 1.82) is 5.26 Å². The van der Waals surface area contributed by atoms with Crippen molar-refractivity contribution in [3.05, 3.63) is 5.56 Å². The Hall–Kier alpha value is -4.36. The summed E-state index contributed by atoms with van der Waals surface area (Å²) in [5.74, 6) is -0.487. The molecule has 26 heteroatoms. The molecule has 4 nitrogen and oxygen atoms in total. The van der Waals surface area contributed by atoms with Crippen molar-refractivity contribution in [3.8, 4) is 45.9 Å². The lowest BCUT2D eigenvalue weighted by molar-refractivity contribution is 0.472. The van der Waals surface area contributed by atoms with Crippen LogP contribution in [-0.2, 0) is 0 Å². The molecule has 3 heterocycles. The first-order chi connectivity index (χ1) is 29.5. The minimum absolute atomic E-state index is 0.0326. The molecule has 63 heavy (non-hydrogen) atoms. The highest BCUT2D eigenvalue weighted by Crippen LogP contribution is 2.42. The predicted molar refractivity (Wildman–Crippen MR) is 282 cm³/mol. The summed E-state index contributed by atoms with van der Waals surface area (Å²) in [5.41, 5.74) is -3.18. The molecular weight excluding hydrogens is 742 g/mol. The minimum Gasteiger partial charge on any atom is -0.460 e. The van der Waals surface area contributed by atoms with Crippen LogP contribution in [0.3, 0.4) is 0 Å². The van der Waals surface area contributed by atoms with Crippen LogP contribution in [0.4, 0.5) is 0 Å². The third kappa shape index (κ3) is 5.41. The van der Waals surface area contributed by atoms with Crippen molar-refractivity contribution in [3.63, 3.8) is 0 Å². The molecule has 7 aromatic rings. The summed E-state index contributed by atoms with van der Waals surface area (Å²) in [7, 11) is 139. The van der Waals surface area contributed by atoms with Crippen molar-refractivity contribution in [1.82, 2.24) is 4.57 Å². The van der Waals surface area contributed by atoms with Crippen LogP contribution in [0.25, 0.3) is 38.6 Å². The third-order valence-electron chi connectivity index (χ3n) is 12.2. The van der Waals surface area contributed by atoms with E-state index in [1.807, 2.05) is 0 Å². The molecule has 0 atom stereocenters. The van der Waals surface area contributed by atoms with Crippen molar-refractivity contribution in [2.75, 3.05) is 0 Å². The second-order valence-electron chi connectivity index (χ2n) is 15.2. The summed E-state index contributed by atoms with van der Waals surface area (Å²) in [6, 6.07) is 2.14. The molecule has 42 radical (unpaired) electrons. The molecule has 0 fully saturated rings. The molecule has 1 aromatic heterocycles. The molecule has 9 rings (SSSR count). The van der Waals surface area contributed by atoms with Gasteiger partial charge in [0.2, 0.25) is 0 Å². The number of nitriles is 1. The first-order valence-corrected chi connectivity index (χ1v) is 18.4. The minimum atomic E-state index is -1.18. The zero-order valence-electron chi connectivity index (χ0n) is 32.9. The first kappa shape index (κ1) is 43.9. The van der Waals surface area contributed by atoms with Crippen LogP contribution in [0.15, 0.2) is 0 Å². The van der Waals surface area contributed by atoms with E-state index in [4.69, 9.17) is 174 Å². The summed E-state index contributed by atoms with van der Waals surface area (Å²) < 4.78 is 14.6. The average Bonchev–Trinajstić information content (AvgIpc) is 3.62. The number of hydrogen-bond donors (Lipinski definition) is 0. The summed E-state index contributed by atoms with van der Waals surface area (Å²) in [6.45, 7) is -1.18. The van der Waals surface area contributed by atoms with E-state index >= 15 is 0 Å². The van der Waals surface area contributed by atoms with Gasteiger partial charge in [0, 0.05) is 33.3 Å². The van der Waals surface area contributed by atoms with Gasteiger partial charge in [0.25, 0.3) is 6.71 Å². The van der Waals surface area contributed by atoms with E-state index in [0.29, 0.717) is 0 Å². The maximum atomic E-state index is 11.2. The molecule has 0 spiro atoms. The van der Waals surface area contributed by atoms with E-state index in [9.17, 15) is 5.26 Å². The quantitative estimate of drug-likeness (QED) is 0.166. The fraction of sp³-hybridized carbons (Fsp3) is 0. The SMILES string of the molecule is [B]c1c([B])c([B])c2c(c1[B])Oc1c([B])c(C#N)c(-c3c([B])c([B])c([B])c([B])c3-n3c4c([B])c([B])c([B])c([B])c4c4c([B])c([B])c([B])c([B])c43)c3c1B2c1c([B])c([B])c([B])c([B])c1O3. The van der Waals surface area contributed by atoms with Crippen LogP contribution < -0.4 is 141 Å². The number of rotatable bonds is 2. The highest BCUT2D eigenvalue weighted by atomic mass is 16.5. The monoisotopic (exact) mass is 746 g/mol. The standard InChI is InChI=1S/C37B22N2O2/c38-7-2(1-60)3(34-30-35(7)63-37-27(58)20(51)15(46)22(53)29(37)59(30)28-21(52)14(45)19(50)26(57)36(28)62-34)4-8(39)11(42)16(47)23(54)31(4)61-32-5(9(40)12(43)17(48)24(32)55)6-10(41)13(44)18(49)25(56)33(6)61. The Morgan fingerprint density at radius 2 is 0.683 bits per heavy atom. The van der Waals surface area contributed by atoms with Crippen LogP contribution in [0.2, 0.25) is 0 Å². The Kier molecular flexibility index (Phi) is 10.1.